The third-order valence-electron chi connectivity index (χ3n) is 3.81. The molecule has 3 aromatic rings. The van der Waals surface area contributed by atoms with Crippen LogP contribution in [0.4, 0.5) is 5.82 Å². The predicted molar refractivity (Wildman–Crippen MR) is 92.0 cm³/mol. The lowest BCUT2D eigenvalue weighted by Gasteiger charge is -2.19. The van der Waals surface area contributed by atoms with Crippen LogP contribution >= 0.6 is 0 Å². The molecule has 0 aliphatic carbocycles. The van der Waals surface area contributed by atoms with Crippen molar-refractivity contribution in [1.29, 1.82) is 0 Å². The monoisotopic (exact) mass is 328 g/mol. The molecule has 0 N–H and O–H groups in total. The summed E-state index contributed by atoms with van der Waals surface area (Å²) in [6.45, 7) is 9.09. The maximum atomic E-state index is 5.32. The average molecular weight is 328 g/mol. The van der Waals surface area contributed by atoms with Crippen LogP contribution in [0.3, 0.4) is 0 Å². The van der Waals surface area contributed by atoms with E-state index < -0.39 is 0 Å². The number of hydrogen-bond donors (Lipinski definition) is 0. The summed E-state index contributed by atoms with van der Waals surface area (Å²) in [5.74, 6) is 3.17. The van der Waals surface area contributed by atoms with Gasteiger partial charge in [0.25, 0.3) is 0 Å². The fraction of sp³-hybridized carbons (Fsp3) is 0.529. The van der Waals surface area contributed by atoms with Crippen molar-refractivity contribution in [3.63, 3.8) is 0 Å². The number of rotatable bonds is 6. The number of aromatic nitrogens is 5. The van der Waals surface area contributed by atoms with Crippen LogP contribution in [-0.4, -0.2) is 31.8 Å². The molecule has 3 rings (SSSR count). The highest BCUT2D eigenvalue weighted by molar-refractivity contribution is 5.50. The molecule has 0 aliphatic rings. The van der Waals surface area contributed by atoms with Gasteiger partial charge in [0.05, 0.1) is 12.7 Å². The Labute approximate surface area is 141 Å². The molecular weight excluding hydrogens is 304 g/mol. The Balaban J connectivity index is 1.86. The molecule has 24 heavy (non-hydrogen) atoms. The molecule has 0 radical (unpaired) electrons. The van der Waals surface area contributed by atoms with Gasteiger partial charge in [0.15, 0.2) is 11.5 Å². The van der Waals surface area contributed by atoms with Crippen molar-refractivity contribution in [1.82, 2.24) is 24.7 Å². The van der Waals surface area contributed by atoms with Crippen LogP contribution in [0, 0.1) is 5.92 Å². The second-order valence-electron chi connectivity index (χ2n) is 6.85. The van der Waals surface area contributed by atoms with Crippen LogP contribution < -0.4 is 4.90 Å². The summed E-state index contributed by atoms with van der Waals surface area (Å²) in [6, 6.07) is 3.98. The minimum absolute atomic E-state index is 0.347. The molecule has 0 aliphatic heterocycles. The van der Waals surface area contributed by atoms with Crippen LogP contribution in [0.5, 0.6) is 0 Å². The van der Waals surface area contributed by atoms with Gasteiger partial charge in [-0.15, -0.1) is 0 Å². The van der Waals surface area contributed by atoms with E-state index in [4.69, 9.17) is 4.52 Å². The highest BCUT2D eigenvalue weighted by atomic mass is 16.5. The van der Waals surface area contributed by atoms with Crippen molar-refractivity contribution in [2.45, 2.75) is 46.6 Å². The number of hydrogen-bond acceptors (Lipinski definition) is 6. The molecule has 0 amide bonds. The first kappa shape index (κ1) is 16.4. The summed E-state index contributed by atoms with van der Waals surface area (Å²) in [5.41, 5.74) is 1.88. The van der Waals surface area contributed by atoms with Gasteiger partial charge in [0.1, 0.15) is 5.82 Å². The van der Waals surface area contributed by atoms with E-state index in [9.17, 15) is 0 Å². The van der Waals surface area contributed by atoms with Crippen LogP contribution in [0.2, 0.25) is 0 Å². The summed E-state index contributed by atoms with van der Waals surface area (Å²) >= 11 is 0. The highest BCUT2D eigenvalue weighted by Gasteiger charge is 2.15. The molecule has 0 unspecified atom stereocenters. The van der Waals surface area contributed by atoms with Gasteiger partial charge in [-0.1, -0.05) is 32.9 Å². The largest absolute Gasteiger partial charge is 0.352 e. The second kappa shape index (κ2) is 6.59. The van der Waals surface area contributed by atoms with Gasteiger partial charge in [-0.3, -0.25) is 0 Å². The van der Waals surface area contributed by atoms with Crippen LogP contribution in [-0.2, 0) is 13.0 Å². The molecule has 0 fully saturated rings. The number of nitrogens with zero attached hydrogens (tertiary/aromatic N) is 6. The van der Waals surface area contributed by atoms with E-state index in [1.165, 1.54) is 0 Å². The number of fused-ring (bicyclic) bond motifs is 1. The minimum atomic E-state index is 0.347. The molecule has 0 bridgehead atoms. The Kier molecular flexibility index (Phi) is 4.51. The van der Waals surface area contributed by atoms with Gasteiger partial charge in [0, 0.05) is 31.3 Å². The van der Waals surface area contributed by atoms with E-state index in [2.05, 4.69) is 58.9 Å². The first-order chi connectivity index (χ1) is 11.4. The van der Waals surface area contributed by atoms with Crippen molar-refractivity contribution in [3.05, 3.63) is 35.7 Å². The molecule has 7 nitrogen and oxygen atoms in total. The summed E-state index contributed by atoms with van der Waals surface area (Å²) in [6.07, 6.45) is 2.56. The van der Waals surface area contributed by atoms with E-state index >= 15 is 0 Å². The van der Waals surface area contributed by atoms with Crippen molar-refractivity contribution < 1.29 is 4.52 Å². The lowest BCUT2D eigenvalue weighted by molar-refractivity contribution is 0.358. The van der Waals surface area contributed by atoms with Gasteiger partial charge in [0.2, 0.25) is 5.89 Å². The van der Waals surface area contributed by atoms with Crippen LogP contribution in [0.1, 0.15) is 51.0 Å². The molecule has 7 heteroatoms. The van der Waals surface area contributed by atoms with Crippen molar-refractivity contribution in [3.8, 4) is 0 Å². The molecule has 0 saturated heterocycles. The summed E-state index contributed by atoms with van der Waals surface area (Å²) < 4.78 is 7.16. The summed E-state index contributed by atoms with van der Waals surface area (Å²) in [7, 11) is 2.00. The molecule has 128 valence electrons. The third kappa shape index (κ3) is 3.39. The van der Waals surface area contributed by atoms with Crippen molar-refractivity contribution >= 4 is 11.5 Å². The van der Waals surface area contributed by atoms with Gasteiger partial charge >= 0.3 is 0 Å². The Hall–Kier alpha value is -2.44. The van der Waals surface area contributed by atoms with E-state index in [1.54, 1.807) is 6.20 Å². The predicted octanol–water partition coefficient (Wildman–Crippen LogP) is 3.07. The Morgan fingerprint density at radius 1 is 1.21 bits per heavy atom. The van der Waals surface area contributed by atoms with Crippen LogP contribution in [0.25, 0.3) is 5.65 Å². The van der Waals surface area contributed by atoms with Crippen molar-refractivity contribution in [2.75, 3.05) is 11.9 Å². The standard InChI is InChI=1S/C17H24N6O/c1-11(2)8-16-20-14(21-24-16)10-22(5)17-9-13(12(3)4)19-15-6-7-18-23(15)17/h6-7,9,11-12H,8,10H2,1-5H3. The first-order valence-electron chi connectivity index (χ1n) is 8.31. The SMILES string of the molecule is CC(C)Cc1nc(CN(C)c2cc(C(C)C)nc3ccnn23)no1. The molecule has 3 aromatic heterocycles. The fourth-order valence-corrected chi connectivity index (χ4v) is 2.56. The Morgan fingerprint density at radius 3 is 2.71 bits per heavy atom. The normalized spacial score (nSPS) is 11.8. The maximum Gasteiger partial charge on any atom is 0.226 e. The number of anilines is 1. The molecule has 0 saturated carbocycles. The Morgan fingerprint density at radius 2 is 2.00 bits per heavy atom. The topological polar surface area (TPSA) is 72.4 Å². The molecule has 0 spiro atoms. The highest BCUT2D eigenvalue weighted by Crippen LogP contribution is 2.22. The summed E-state index contributed by atoms with van der Waals surface area (Å²) in [5, 5.41) is 8.46. The molecular formula is C17H24N6O. The van der Waals surface area contributed by atoms with Gasteiger partial charge in [-0.2, -0.15) is 14.6 Å². The fourth-order valence-electron chi connectivity index (χ4n) is 2.56. The zero-order chi connectivity index (χ0) is 17.3. The lowest BCUT2D eigenvalue weighted by Crippen LogP contribution is -2.21. The maximum absolute atomic E-state index is 5.32. The van der Waals surface area contributed by atoms with E-state index in [0.717, 1.165) is 23.6 Å². The van der Waals surface area contributed by atoms with E-state index in [0.29, 0.717) is 30.1 Å². The van der Waals surface area contributed by atoms with Crippen LogP contribution in [0.15, 0.2) is 22.9 Å². The molecule has 0 aromatic carbocycles. The van der Waals surface area contributed by atoms with Gasteiger partial charge in [-0.05, 0) is 11.8 Å². The van der Waals surface area contributed by atoms with Gasteiger partial charge < -0.3 is 9.42 Å². The smallest absolute Gasteiger partial charge is 0.226 e. The minimum Gasteiger partial charge on any atom is -0.352 e. The average Bonchev–Trinajstić information content (AvgIpc) is 3.14. The van der Waals surface area contributed by atoms with E-state index in [1.807, 2.05) is 17.6 Å². The summed E-state index contributed by atoms with van der Waals surface area (Å²) in [4.78, 5) is 11.2. The third-order valence-corrected chi connectivity index (χ3v) is 3.81. The van der Waals surface area contributed by atoms with E-state index in [-0.39, 0.29) is 0 Å². The quantitative estimate of drug-likeness (QED) is 0.692. The molecule has 0 atom stereocenters. The lowest BCUT2D eigenvalue weighted by atomic mass is 10.1. The van der Waals surface area contributed by atoms with Gasteiger partial charge in [-0.25, -0.2) is 4.98 Å². The Bertz CT molecular complexity index is 819. The molecule has 3 heterocycles. The second-order valence-corrected chi connectivity index (χ2v) is 6.85. The zero-order valence-corrected chi connectivity index (χ0v) is 14.9. The first-order valence-corrected chi connectivity index (χ1v) is 8.31. The van der Waals surface area contributed by atoms with Crippen molar-refractivity contribution in [2.24, 2.45) is 5.92 Å². The zero-order valence-electron chi connectivity index (χ0n) is 14.9.